The number of nitrogens with zero attached hydrogens (tertiary/aromatic N) is 1. The van der Waals surface area contributed by atoms with Crippen molar-refractivity contribution in [1.29, 1.82) is 0 Å². The molecule has 0 bridgehead atoms. The molecule has 22 heavy (non-hydrogen) atoms. The molecule has 1 atom stereocenters. The van der Waals surface area contributed by atoms with Crippen molar-refractivity contribution in [3.8, 4) is 0 Å². The number of rotatable bonds is 6. The fourth-order valence-electron chi connectivity index (χ4n) is 2.26. The molecule has 1 aromatic carbocycles. The normalized spacial score (nSPS) is 16.1. The molecule has 0 aromatic heterocycles. The van der Waals surface area contributed by atoms with Gasteiger partial charge in [-0.2, -0.15) is 0 Å². The number of unbranched alkanes of at least 4 members (excludes halogenated alkanes) is 1. The number of carbonyl (C=O) groups excluding carboxylic acids is 2. The third-order valence-electron chi connectivity index (χ3n) is 3.33. The van der Waals surface area contributed by atoms with E-state index in [4.69, 9.17) is 39.5 Å². The molecule has 120 valence electrons. The van der Waals surface area contributed by atoms with E-state index in [1.165, 1.54) is 0 Å². The zero-order valence-corrected chi connectivity index (χ0v) is 14.3. The van der Waals surface area contributed by atoms with Crippen LogP contribution in [0.3, 0.4) is 0 Å². The van der Waals surface area contributed by atoms with Crippen molar-refractivity contribution in [3.63, 3.8) is 0 Å². The van der Waals surface area contributed by atoms with Gasteiger partial charge in [-0.05, 0) is 18.6 Å². The smallest absolute Gasteiger partial charge is 0.263 e. The van der Waals surface area contributed by atoms with Gasteiger partial charge < -0.3 is 4.74 Å². The van der Waals surface area contributed by atoms with Crippen LogP contribution in [0.2, 0.25) is 0 Å². The van der Waals surface area contributed by atoms with Crippen molar-refractivity contribution in [1.82, 2.24) is 4.90 Å². The van der Waals surface area contributed by atoms with Crippen molar-refractivity contribution in [2.75, 3.05) is 6.61 Å². The molecular formula is C15H16Cl3NO3. The Kier molecular flexibility index (Phi) is 5.72. The predicted molar refractivity (Wildman–Crippen MR) is 86.5 cm³/mol. The lowest BCUT2D eigenvalue weighted by Crippen LogP contribution is -2.43. The molecule has 7 heteroatoms. The van der Waals surface area contributed by atoms with Crippen LogP contribution in [0, 0.1) is 0 Å². The number of carbonyl (C=O) groups is 2. The molecule has 1 unspecified atom stereocenters. The Morgan fingerprint density at radius 1 is 1.14 bits per heavy atom. The number of alkyl halides is 3. The highest BCUT2D eigenvalue weighted by atomic mass is 35.6. The molecule has 1 heterocycles. The standard InChI is InChI=1S/C15H16Cl3NO3/c1-2-3-8-22-12(9-15(16,17)18)19-13(20)10-6-4-5-7-11(10)14(19)21/h4-7,12H,2-3,8-9H2,1H3. The van der Waals surface area contributed by atoms with E-state index in [0.717, 1.165) is 17.7 Å². The Bertz CT molecular complexity index is 536. The van der Waals surface area contributed by atoms with Gasteiger partial charge in [-0.1, -0.05) is 60.3 Å². The fourth-order valence-corrected chi connectivity index (χ4v) is 2.65. The largest absolute Gasteiger partial charge is 0.358 e. The number of hydrogen-bond donors (Lipinski definition) is 0. The lowest BCUT2D eigenvalue weighted by molar-refractivity contribution is -0.0369. The molecule has 1 aromatic rings. The average molecular weight is 365 g/mol. The molecule has 0 aliphatic carbocycles. The van der Waals surface area contributed by atoms with Crippen molar-refractivity contribution in [3.05, 3.63) is 35.4 Å². The molecule has 0 radical (unpaired) electrons. The number of benzene rings is 1. The van der Waals surface area contributed by atoms with Crippen molar-refractivity contribution in [2.24, 2.45) is 0 Å². The Balaban J connectivity index is 2.24. The molecule has 0 saturated carbocycles. The van der Waals surface area contributed by atoms with E-state index < -0.39 is 21.8 Å². The summed E-state index contributed by atoms with van der Waals surface area (Å²) in [5.41, 5.74) is 0.696. The first kappa shape index (κ1) is 17.5. The molecule has 4 nitrogen and oxygen atoms in total. The SMILES string of the molecule is CCCCOC(CC(Cl)(Cl)Cl)N1C(=O)c2ccccc2C1=O. The molecular weight excluding hydrogens is 349 g/mol. The molecule has 0 N–H and O–H groups in total. The molecule has 0 fully saturated rings. The highest BCUT2D eigenvalue weighted by molar-refractivity contribution is 6.67. The van der Waals surface area contributed by atoms with Crippen LogP contribution in [-0.2, 0) is 4.74 Å². The van der Waals surface area contributed by atoms with Gasteiger partial charge in [0.15, 0.2) is 3.79 Å². The molecule has 1 aliphatic heterocycles. The maximum atomic E-state index is 12.5. The van der Waals surface area contributed by atoms with Gasteiger partial charge in [0.25, 0.3) is 11.8 Å². The summed E-state index contributed by atoms with van der Waals surface area (Å²) >= 11 is 17.5. The van der Waals surface area contributed by atoms with E-state index in [0.29, 0.717) is 17.7 Å². The molecule has 1 aliphatic rings. The summed E-state index contributed by atoms with van der Waals surface area (Å²) in [5, 5.41) is 0. The first-order valence-electron chi connectivity index (χ1n) is 7.00. The van der Waals surface area contributed by atoms with E-state index in [1.807, 2.05) is 6.92 Å². The molecule has 0 spiro atoms. The van der Waals surface area contributed by atoms with Gasteiger partial charge in [0.2, 0.25) is 0 Å². The second-order valence-corrected chi connectivity index (χ2v) is 7.54. The van der Waals surface area contributed by atoms with Gasteiger partial charge in [0.05, 0.1) is 11.1 Å². The van der Waals surface area contributed by atoms with Gasteiger partial charge in [-0.15, -0.1) is 0 Å². The van der Waals surface area contributed by atoms with E-state index >= 15 is 0 Å². The van der Waals surface area contributed by atoms with Gasteiger partial charge in [-0.3, -0.25) is 9.59 Å². The zero-order chi connectivity index (χ0) is 16.3. The lowest BCUT2D eigenvalue weighted by atomic mass is 10.1. The summed E-state index contributed by atoms with van der Waals surface area (Å²) in [5.74, 6) is -0.840. The van der Waals surface area contributed by atoms with Crippen LogP contribution >= 0.6 is 34.8 Å². The van der Waals surface area contributed by atoms with Crippen molar-refractivity contribution >= 4 is 46.6 Å². The third kappa shape index (κ3) is 3.93. The number of fused-ring (bicyclic) bond motifs is 1. The lowest BCUT2D eigenvalue weighted by Gasteiger charge is -2.28. The minimum absolute atomic E-state index is 0.0765. The maximum absolute atomic E-state index is 12.5. The van der Waals surface area contributed by atoms with Gasteiger partial charge in [0, 0.05) is 13.0 Å². The third-order valence-corrected chi connectivity index (χ3v) is 3.79. The quantitative estimate of drug-likeness (QED) is 0.432. The Hall–Kier alpha value is -0.810. The zero-order valence-electron chi connectivity index (χ0n) is 12.0. The summed E-state index contributed by atoms with van der Waals surface area (Å²) in [6.07, 6.45) is 0.737. The number of hydrogen-bond acceptors (Lipinski definition) is 3. The van der Waals surface area contributed by atoms with Crippen molar-refractivity contribution in [2.45, 2.75) is 36.2 Å². The summed E-state index contributed by atoms with van der Waals surface area (Å²) in [6, 6.07) is 6.62. The first-order chi connectivity index (χ1) is 10.3. The Morgan fingerprint density at radius 3 is 2.14 bits per heavy atom. The van der Waals surface area contributed by atoms with Crippen LogP contribution in [0.25, 0.3) is 0 Å². The predicted octanol–water partition coefficient (Wildman–Crippen LogP) is 4.19. The topological polar surface area (TPSA) is 46.6 Å². The highest BCUT2D eigenvalue weighted by Gasteiger charge is 2.42. The number of amides is 2. The van der Waals surface area contributed by atoms with E-state index in [9.17, 15) is 9.59 Å². The van der Waals surface area contributed by atoms with Crippen LogP contribution in [0.4, 0.5) is 0 Å². The monoisotopic (exact) mass is 363 g/mol. The molecule has 2 amide bonds. The maximum Gasteiger partial charge on any atom is 0.263 e. The highest BCUT2D eigenvalue weighted by Crippen LogP contribution is 2.35. The van der Waals surface area contributed by atoms with E-state index in [2.05, 4.69) is 0 Å². The van der Waals surface area contributed by atoms with Crippen LogP contribution in [0.5, 0.6) is 0 Å². The minimum atomic E-state index is -1.62. The van der Waals surface area contributed by atoms with Crippen LogP contribution in [0.15, 0.2) is 24.3 Å². The van der Waals surface area contributed by atoms with Crippen LogP contribution < -0.4 is 0 Å². The number of ether oxygens (including phenoxy) is 1. The molecule has 0 saturated heterocycles. The fraction of sp³-hybridized carbons (Fsp3) is 0.467. The van der Waals surface area contributed by atoms with E-state index in [-0.39, 0.29) is 6.42 Å². The average Bonchev–Trinajstić information content (AvgIpc) is 2.69. The number of imide groups is 1. The van der Waals surface area contributed by atoms with E-state index in [1.54, 1.807) is 24.3 Å². The summed E-state index contributed by atoms with van der Waals surface area (Å²) in [6.45, 7) is 2.39. The van der Waals surface area contributed by atoms with Crippen molar-refractivity contribution < 1.29 is 14.3 Å². The molecule has 2 rings (SSSR count). The minimum Gasteiger partial charge on any atom is -0.358 e. The van der Waals surface area contributed by atoms with Gasteiger partial charge in [0.1, 0.15) is 6.23 Å². The first-order valence-corrected chi connectivity index (χ1v) is 8.14. The summed E-state index contributed by atoms with van der Waals surface area (Å²) in [4.78, 5) is 26.0. The van der Waals surface area contributed by atoms with Crippen LogP contribution in [-0.4, -0.2) is 33.3 Å². The second kappa shape index (κ2) is 7.18. The van der Waals surface area contributed by atoms with Gasteiger partial charge >= 0.3 is 0 Å². The van der Waals surface area contributed by atoms with Gasteiger partial charge in [-0.25, -0.2) is 4.90 Å². The van der Waals surface area contributed by atoms with Crippen LogP contribution in [0.1, 0.15) is 46.9 Å². The second-order valence-electron chi connectivity index (χ2n) is 5.02. The Morgan fingerprint density at radius 2 is 1.68 bits per heavy atom. The Labute approximate surface area is 144 Å². The summed E-state index contributed by atoms with van der Waals surface area (Å²) in [7, 11) is 0. The summed E-state index contributed by atoms with van der Waals surface area (Å²) < 4.78 is 4.03. The number of halogens is 3.